The van der Waals surface area contributed by atoms with E-state index in [1.54, 1.807) is 0 Å². The van der Waals surface area contributed by atoms with Crippen LogP contribution in [0.3, 0.4) is 0 Å². The number of aliphatic hydroxyl groups excluding tert-OH is 1. The molecule has 0 aliphatic carbocycles. The fourth-order valence-corrected chi connectivity index (χ4v) is 4.19. The molecule has 3 aromatic carbocycles. The summed E-state index contributed by atoms with van der Waals surface area (Å²) < 4.78 is 6.00. The Hall–Kier alpha value is -3.21. The summed E-state index contributed by atoms with van der Waals surface area (Å²) in [6, 6.07) is 28.6. The molecule has 1 aliphatic heterocycles. The van der Waals surface area contributed by atoms with Crippen LogP contribution < -0.4 is 4.74 Å². The molecule has 0 radical (unpaired) electrons. The topological polar surface area (TPSA) is 45.6 Å². The summed E-state index contributed by atoms with van der Waals surface area (Å²) in [5.41, 5.74) is 5.25. The number of pyridine rings is 1. The predicted octanol–water partition coefficient (Wildman–Crippen LogP) is 4.91. The number of hydrogen-bond acceptors (Lipinski definition) is 4. The normalized spacial score (nSPS) is 15.1. The molecule has 0 fully saturated rings. The zero-order chi connectivity index (χ0) is 21.0. The Labute approximate surface area is 182 Å². The van der Waals surface area contributed by atoms with E-state index in [1.165, 1.54) is 0 Å². The number of rotatable bonds is 5. The van der Waals surface area contributed by atoms with E-state index in [4.69, 9.17) is 9.72 Å². The predicted molar refractivity (Wildman–Crippen MR) is 123 cm³/mol. The Kier molecular flexibility index (Phi) is 5.65. The molecule has 156 valence electrons. The van der Waals surface area contributed by atoms with Crippen molar-refractivity contribution in [2.45, 2.75) is 25.6 Å². The van der Waals surface area contributed by atoms with Crippen LogP contribution in [0, 0.1) is 0 Å². The van der Waals surface area contributed by atoms with Crippen LogP contribution in [0.15, 0.2) is 84.9 Å². The van der Waals surface area contributed by atoms with E-state index in [2.05, 4.69) is 35.2 Å². The monoisotopic (exact) mass is 410 g/mol. The van der Waals surface area contributed by atoms with Gasteiger partial charge in [0.25, 0.3) is 0 Å². The third kappa shape index (κ3) is 4.61. The lowest BCUT2D eigenvalue weighted by molar-refractivity contribution is 0.178. The van der Waals surface area contributed by atoms with Crippen LogP contribution in [0.5, 0.6) is 5.75 Å². The molecular formula is C27H26N2O2. The van der Waals surface area contributed by atoms with Crippen LogP contribution in [-0.4, -0.2) is 28.1 Å². The lowest BCUT2D eigenvalue weighted by atomic mass is 9.99. The maximum Gasteiger partial charge on any atom is 0.123 e. The second-order valence-electron chi connectivity index (χ2n) is 8.13. The van der Waals surface area contributed by atoms with Gasteiger partial charge in [-0.1, -0.05) is 60.7 Å². The average Bonchev–Trinajstić information content (AvgIpc) is 3.00. The third-order valence-corrected chi connectivity index (χ3v) is 5.84. The van der Waals surface area contributed by atoms with Gasteiger partial charge < -0.3 is 9.84 Å². The van der Waals surface area contributed by atoms with Gasteiger partial charge in [-0.15, -0.1) is 0 Å². The molecule has 4 aromatic rings. The lowest BCUT2D eigenvalue weighted by Gasteiger charge is -2.20. The van der Waals surface area contributed by atoms with Crippen molar-refractivity contribution in [1.82, 2.24) is 9.88 Å². The number of para-hydroxylation sites is 1. The van der Waals surface area contributed by atoms with E-state index in [-0.39, 0.29) is 0 Å². The third-order valence-electron chi connectivity index (χ3n) is 5.84. The summed E-state index contributed by atoms with van der Waals surface area (Å²) in [6.07, 6.45) is 0.0668. The van der Waals surface area contributed by atoms with Crippen molar-refractivity contribution >= 4 is 10.9 Å². The molecule has 0 bridgehead atoms. The highest BCUT2D eigenvalue weighted by molar-refractivity contribution is 5.78. The molecule has 4 heteroatoms. The Morgan fingerprint density at radius 2 is 1.77 bits per heavy atom. The molecule has 1 unspecified atom stereocenters. The Morgan fingerprint density at radius 3 is 2.68 bits per heavy atom. The summed E-state index contributed by atoms with van der Waals surface area (Å²) in [4.78, 5) is 7.18. The second-order valence-corrected chi connectivity index (χ2v) is 8.13. The lowest BCUT2D eigenvalue weighted by Crippen LogP contribution is -2.25. The highest BCUT2D eigenvalue weighted by Gasteiger charge is 2.18. The first-order valence-electron chi connectivity index (χ1n) is 10.8. The molecule has 1 N–H and O–H groups in total. The number of ether oxygens (including phenoxy) is 1. The van der Waals surface area contributed by atoms with Crippen molar-refractivity contribution in [3.8, 4) is 5.75 Å². The summed E-state index contributed by atoms with van der Waals surface area (Å²) >= 11 is 0. The smallest absolute Gasteiger partial charge is 0.123 e. The number of aliphatic hydroxyl groups is 1. The van der Waals surface area contributed by atoms with Gasteiger partial charge in [-0.3, -0.25) is 9.88 Å². The van der Waals surface area contributed by atoms with Gasteiger partial charge in [-0.2, -0.15) is 0 Å². The van der Waals surface area contributed by atoms with Gasteiger partial charge in [0.05, 0.1) is 17.3 Å². The highest BCUT2D eigenvalue weighted by atomic mass is 16.5. The standard InChI is InChI=1S/C27H26N2O2/c30-26(16-20-6-2-1-3-7-20)22-11-13-27-23(17-22)18-29(14-15-31-27)19-24-12-10-21-8-4-5-9-25(21)28-24/h1-13,17,26,30H,14-16,18-19H2. The maximum atomic E-state index is 10.8. The second kappa shape index (κ2) is 8.88. The van der Waals surface area contributed by atoms with Crippen LogP contribution >= 0.6 is 0 Å². The Morgan fingerprint density at radius 1 is 0.935 bits per heavy atom. The minimum absolute atomic E-state index is 0.536. The SMILES string of the molecule is OC(Cc1ccccc1)c1ccc2c(c1)CN(Cc1ccc3ccccc3n1)CCO2. The summed E-state index contributed by atoms with van der Waals surface area (Å²) in [5.74, 6) is 0.907. The molecule has 2 heterocycles. The highest BCUT2D eigenvalue weighted by Crippen LogP contribution is 2.29. The molecule has 31 heavy (non-hydrogen) atoms. The van der Waals surface area contributed by atoms with Gasteiger partial charge in [-0.05, 0) is 35.4 Å². The van der Waals surface area contributed by atoms with E-state index in [1.807, 2.05) is 54.6 Å². The molecular weight excluding hydrogens is 384 g/mol. The summed E-state index contributed by atoms with van der Waals surface area (Å²) in [7, 11) is 0. The van der Waals surface area contributed by atoms with Crippen LogP contribution in [0.1, 0.15) is 28.5 Å². The molecule has 0 spiro atoms. The van der Waals surface area contributed by atoms with E-state index in [9.17, 15) is 5.11 Å². The maximum absolute atomic E-state index is 10.8. The van der Waals surface area contributed by atoms with Crippen molar-refractivity contribution in [1.29, 1.82) is 0 Å². The van der Waals surface area contributed by atoms with Gasteiger partial charge in [0, 0.05) is 37.0 Å². The van der Waals surface area contributed by atoms with Gasteiger partial charge in [0.15, 0.2) is 0 Å². The number of aromatic nitrogens is 1. The van der Waals surface area contributed by atoms with Crippen LogP contribution in [0.25, 0.3) is 10.9 Å². The quantitative estimate of drug-likeness (QED) is 0.508. The zero-order valence-corrected chi connectivity index (χ0v) is 17.4. The molecule has 0 saturated heterocycles. The first-order chi connectivity index (χ1) is 15.2. The van der Waals surface area contributed by atoms with Gasteiger partial charge in [0.2, 0.25) is 0 Å². The number of benzene rings is 3. The van der Waals surface area contributed by atoms with Crippen LogP contribution in [0.4, 0.5) is 0 Å². The van der Waals surface area contributed by atoms with Crippen LogP contribution in [-0.2, 0) is 19.5 Å². The molecule has 0 saturated carbocycles. The van der Waals surface area contributed by atoms with Gasteiger partial charge >= 0.3 is 0 Å². The molecule has 1 aliphatic rings. The Bertz CT molecular complexity index is 1180. The van der Waals surface area contributed by atoms with Crippen molar-refractivity contribution in [3.05, 3.63) is 107 Å². The van der Waals surface area contributed by atoms with Crippen molar-refractivity contribution in [2.24, 2.45) is 0 Å². The molecule has 0 amide bonds. The van der Waals surface area contributed by atoms with E-state index < -0.39 is 6.10 Å². The molecule has 1 atom stereocenters. The van der Waals surface area contributed by atoms with E-state index in [0.717, 1.165) is 58.7 Å². The fraction of sp³-hybridized carbons (Fsp3) is 0.222. The van der Waals surface area contributed by atoms with Crippen molar-refractivity contribution < 1.29 is 9.84 Å². The summed E-state index contributed by atoms with van der Waals surface area (Å²) in [5, 5.41) is 11.9. The molecule has 5 rings (SSSR count). The first-order valence-corrected chi connectivity index (χ1v) is 10.8. The van der Waals surface area contributed by atoms with Gasteiger partial charge in [-0.25, -0.2) is 0 Å². The average molecular weight is 411 g/mol. The Balaban J connectivity index is 1.33. The first kappa shape index (κ1) is 19.7. The van der Waals surface area contributed by atoms with Crippen molar-refractivity contribution in [3.63, 3.8) is 0 Å². The minimum Gasteiger partial charge on any atom is -0.492 e. The van der Waals surface area contributed by atoms with E-state index >= 15 is 0 Å². The molecule has 1 aromatic heterocycles. The minimum atomic E-state index is -0.536. The number of fused-ring (bicyclic) bond motifs is 2. The van der Waals surface area contributed by atoms with Crippen LogP contribution in [0.2, 0.25) is 0 Å². The largest absolute Gasteiger partial charge is 0.492 e. The number of nitrogens with zero attached hydrogens (tertiary/aromatic N) is 2. The summed E-state index contributed by atoms with van der Waals surface area (Å²) in [6.45, 7) is 3.03. The van der Waals surface area contributed by atoms with Crippen molar-refractivity contribution in [2.75, 3.05) is 13.2 Å². The molecule has 4 nitrogen and oxygen atoms in total. The fourth-order valence-electron chi connectivity index (χ4n) is 4.19. The van der Waals surface area contributed by atoms with Gasteiger partial charge in [0.1, 0.15) is 12.4 Å². The van der Waals surface area contributed by atoms with E-state index in [0.29, 0.717) is 13.0 Å². The number of hydrogen-bond donors (Lipinski definition) is 1. The zero-order valence-electron chi connectivity index (χ0n) is 17.4.